The number of nitrogens with one attached hydrogen (secondary N) is 3. The van der Waals surface area contributed by atoms with Gasteiger partial charge in [-0.3, -0.25) is 9.97 Å². The van der Waals surface area contributed by atoms with Crippen molar-refractivity contribution in [1.82, 2.24) is 49.8 Å². The molecule has 0 spiro atoms. The molecule has 8 aromatic rings. The zero-order valence-electron chi connectivity index (χ0n) is 29.7. The molecule has 53 heavy (non-hydrogen) atoms. The van der Waals surface area contributed by atoms with E-state index < -0.39 is 0 Å². The minimum absolute atomic E-state index is 0.0279. The second-order valence-electron chi connectivity index (χ2n) is 12.5. The highest BCUT2D eigenvalue weighted by atomic mass is 35.5. The number of hydrogen-bond acceptors (Lipinski definition) is 10. The molecule has 0 saturated heterocycles. The number of fused-ring (bicyclic) bond motifs is 4. The fourth-order valence-corrected chi connectivity index (χ4v) is 6.11. The Hall–Kier alpha value is -5.73. The number of aromatic amines is 2. The first-order chi connectivity index (χ1) is 25.6. The van der Waals surface area contributed by atoms with E-state index in [1.54, 1.807) is 18.5 Å². The van der Waals surface area contributed by atoms with Crippen LogP contribution in [0.3, 0.4) is 0 Å². The Morgan fingerprint density at radius 3 is 1.79 bits per heavy atom. The molecule has 0 radical (unpaired) electrons. The Balaban J connectivity index is 0.000000152. The van der Waals surface area contributed by atoms with Gasteiger partial charge in [0.05, 0.1) is 29.7 Å². The van der Waals surface area contributed by atoms with Crippen molar-refractivity contribution in [3.8, 4) is 0 Å². The normalized spacial score (nSPS) is 12.3. The quantitative estimate of drug-likeness (QED) is 0.111. The maximum atomic E-state index is 13.5. The van der Waals surface area contributed by atoms with Gasteiger partial charge in [0, 0.05) is 40.3 Å². The molecule has 0 aliphatic heterocycles. The van der Waals surface area contributed by atoms with Crippen molar-refractivity contribution in [3.63, 3.8) is 0 Å². The Bertz CT molecular complexity index is 2480. The third-order valence-corrected chi connectivity index (χ3v) is 8.75. The molecule has 2 aromatic carbocycles. The van der Waals surface area contributed by atoms with Gasteiger partial charge in [-0.15, -0.1) is 0 Å². The van der Waals surface area contributed by atoms with E-state index in [1.165, 1.54) is 43.2 Å². The predicted molar refractivity (Wildman–Crippen MR) is 204 cm³/mol. The Morgan fingerprint density at radius 1 is 0.698 bits per heavy atom. The standard InChI is InChI=1S/C19H19FN6.C14H17FN2.C5H3ClN4/c1-3-4-15-14(7-12-5-6-13(20)8-16(12)26-15)11(2)25-19-17-18(22-9-21-17)23-10-24-19;1-3-4-13-12(9(2)16)7-10-5-6-11(15)8-14(10)17-13;6-4-3-5(9-1-7-3)10-2-8-4/h5-11H,3-4H2,1-2H3,(H2,21,22,23,24,25);5-9H,3-4,16H2,1-2H3;1-2H,(H,7,8,9,10)/t11-;9-;/m00./s1. The van der Waals surface area contributed by atoms with Crippen molar-refractivity contribution in [1.29, 1.82) is 0 Å². The lowest BCUT2D eigenvalue weighted by Gasteiger charge is -2.19. The number of aryl methyl sites for hydroxylation is 2. The third kappa shape index (κ3) is 8.67. The van der Waals surface area contributed by atoms with E-state index in [2.05, 4.69) is 77.0 Å². The van der Waals surface area contributed by atoms with Crippen LogP contribution in [0.5, 0.6) is 0 Å². The Labute approximate surface area is 309 Å². The molecule has 0 aliphatic rings. The van der Waals surface area contributed by atoms with E-state index in [1.807, 2.05) is 13.0 Å². The number of pyridine rings is 2. The van der Waals surface area contributed by atoms with Crippen LogP contribution in [0, 0.1) is 11.6 Å². The highest BCUT2D eigenvalue weighted by Crippen LogP contribution is 2.28. The molecule has 12 nitrogen and oxygen atoms in total. The highest BCUT2D eigenvalue weighted by Gasteiger charge is 2.16. The Kier molecular flexibility index (Phi) is 11.7. The molecule has 0 aliphatic carbocycles. The van der Waals surface area contributed by atoms with Crippen molar-refractivity contribution in [2.75, 3.05) is 5.32 Å². The zero-order chi connectivity index (χ0) is 37.5. The average Bonchev–Trinajstić information content (AvgIpc) is 3.83. The number of hydrogen-bond donors (Lipinski definition) is 4. The summed E-state index contributed by atoms with van der Waals surface area (Å²) in [5, 5.41) is 5.69. The first kappa shape index (κ1) is 37.0. The summed E-state index contributed by atoms with van der Waals surface area (Å²) in [5.74, 6) is 0.177. The number of halogens is 3. The second kappa shape index (κ2) is 16.7. The van der Waals surface area contributed by atoms with Crippen LogP contribution in [-0.2, 0) is 12.8 Å². The molecule has 15 heteroatoms. The van der Waals surface area contributed by atoms with Gasteiger partial charge >= 0.3 is 0 Å². The predicted octanol–water partition coefficient (Wildman–Crippen LogP) is 8.52. The van der Waals surface area contributed by atoms with Crippen LogP contribution in [0.25, 0.3) is 44.1 Å². The summed E-state index contributed by atoms with van der Waals surface area (Å²) in [6, 6.07) is 13.4. The van der Waals surface area contributed by atoms with Crippen LogP contribution in [0.4, 0.5) is 14.6 Å². The van der Waals surface area contributed by atoms with Gasteiger partial charge in [0.25, 0.3) is 0 Å². The molecule has 8 rings (SSSR count). The number of nitrogens with zero attached hydrogens (tertiary/aromatic N) is 8. The first-order valence-electron chi connectivity index (χ1n) is 17.3. The van der Waals surface area contributed by atoms with Crippen molar-refractivity contribution in [2.45, 2.75) is 65.5 Å². The maximum absolute atomic E-state index is 13.5. The lowest BCUT2D eigenvalue weighted by molar-refractivity contribution is 0.628. The van der Waals surface area contributed by atoms with Crippen molar-refractivity contribution < 1.29 is 8.78 Å². The van der Waals surface area contributed by atoms with Crippen LogP contribution in [0.2, 0.25) is 5.15 Å². The van der Waals surface area contributed by atoms with Crippen molar-refractivity contribution in [2.24, 2.45) is 5.73 Å². The molecule has 0 bridgehead atoms. The summed E-state index contributed by atoms with van der Waals surface area (Å²) in [5.41, 5.74) is 14.1. The molecular weight excluding hydrogens is 698 g/mol. The van der Waals surface area contributed by atoms with Crippen LogP contribution in [0.15, 0.2) is 73.8 Å². The fourth-order valence-electron chi connectivity index (χ4n) is 5.93. The smallest absolute Gasteiger partial charge is 0.182 e. The number of H-pyrrole nitrogens is 2. The van der Waals surface area contributed by atoms with Gasteiger partial charge in [0.15, 0.2) is 22.3 Å². The van der Waals surface area contributed by atoms with E-state index in [4.69, 9.17) is 22.3 Å². The van der Waals surface area contributed by atoms with Gasteiger partial charge in [-0.2, -0.15) is 0 Å². The molecule has 6 heterocycles. The van der Waals surface area contributed by atoms with Crippen LogP contribution < -0.4 is 11.1 Å². The molecule has 0 saturated carbocycles. The number of anilines is 1. The van der Waals surface area contributed by atoms with E-state index in [-0.39, 0.29) is 23.7 Å². The first-order valence-corrected chi connectivity index (χ1v) is 17.7. The van der Waals surface area contributed by atoms with E-state index >= 15 is 0 Å². The monoisotopic (exact) mass is 736 g/mol. The zero-order valence-corrected chi connectivity index (χ0v) is 30.5. The summed E-state index contributed by atoms with van der Waals surface area (Å²) in [7, 11) is 0. The van der Waals surface area contributed by atoms with E-state index in [0.29, 0.717) is 38.8 Å². The minimum atomic E-state index is -0.269. The van der Waals surface area contributed by atoms with Gasteiger partial charge in [0.2, 0.25) is 0 Å². The van der Waals surface area contributed by atoms with Crippen LogP contribution in [0.1, 0.15) is 75.1 Å². The molecule has 5 N–H and O–H groups in total. The lowest BCUT2D eigenvalue weighted by atomic mass is 10.0. The number of aromatic nitrogens is 10. The van der Waals surface area contributed by atoms with Crippen LogP contribution >= 0.6 is 11.6 Å². The van der Waals surface area contributed by atoms with Gasteiger partial charge in [-0.1, -0.05) is 38.3 Å². The lowest BCUT2D eigenvalue weighted by Crippen LogP contribution is -2.12. The summed E-state index contributed by atoms with van der Waals surface area (Å²) in [6.07, 6.45) is 9.69. The molecule has 2 atom stereocenters. The number of nitrogens with two attached hydrogens (primary N) is 1. The summed E-state index contributed by atoms with van der Waals surface area (Å²) in [4.78, 5) is 39.3. The molecule has 6 aromatic heterocycles. The third-order valence-electron chi connectivity index (χ3n) is 8.47. The van der Waals surface area contributed by atoms with E-state index in [0.717, 1.165) is 64.5 Å². The minimum Gasteiger partial charge on any atom is -0.362 e. The molecular formula is C38H39ClF2N12. The number of imidazole rings is 2. The summed E-state index contributed by atoms with van der Waals surface area (Å²) >= 11 is 5.68. The fraction of sp³-hybridized carbons (Fsp3) is 0.263. The van der Waals surface area contributed by atoms with Gasteiger partial charge < -0.3 is 21.0 Å². The second-order valence-corrected chi connectivity index (χ2v) is 12.8. The largest absolute Gasteiger partial charge is 0.362 e. The SMILES string of the molecule is CCCc1nc2cc(F)ccc2cc1[C@H](C)N.CCCc1nc2cc(F)ccc2cc1[C@H](C)Nc1ncnc2nc[nH]c12.Clc1ncnc2nc[nH]c12. The van der Waals surface area contributed by atoms with Gasteiger partial charge in [0.1, 0.15) is 35.3 Å². The van der Waals surface area contributed by atoms with Crippen molar-refractivity contribution >= 4 is 61.6 Å². The molecule has 0 unspecified atom stereocenters. The highest BCUT2D eigenvalue weighted by molar-refractivity contribution is 6.33. The summed E-state index contributed by atoms with van der Waals surface area (Å²) < 4.78 is 26.7. The Morgan fingerprint density at radius 2 is 1.23 bits per heavy atom. The van der Waals surface area contributed by atoms with E-state index in [9.17, 15) is 8.78 Å². The van der Waals surface area contributed by atoms with Gasteiger partial charge in [-0.25, -0.2) is 38.7 Å². The van der Waals surface area contributed by atoms with Crippen molar-refractivity contribution in [3.05, 3.63) is 113 Å². The molecule has 0 amide bonds. The van der Waals surface area contributed by atoms with Crippen LogP contribution in [-0.4, -0.2) is 49.8 Å². The average molecular weight is 737 g/mol. The maximum Gasteiger partial charge on any atom is 0.182 e. The topological polar surface area (TPSA) is 173 Å². The number of benzene rings is 2. The number of rotatable bonds is 8. The summed E-state index contributed by atoms with van der Waals surface area (Å²) in [6.45, 7) is 8.22. The molecule has 0 fully saturated rings. The molecule has 272 valence electrons. The van der Waals surface area contributed by atoms with Gasteiger partial charge in [-0.05, 0) is 74.2 Å².